The van der Waals surface area contributed by atoms with Crippen molar-refractivity contribution in [2.45, 2.75) is 41.5 Å². The summed E-state index contributed by atoms with van der Waals surface area (Å²) in [6.07, 6.45) is 0. The van der Waals surface area contributed by atoms with Crippen LogP contribution in [0.5, 0.6) is 0 Å². The molecule has 0 bridgehead atoms. The van der Waals surface area contributed by atoms with Crippen LogP contribution in [-0.4, -0.2) is 0 Å². The van der Waals surface area contributed by atoms with Gasteiger partial charge in [-0.25, -0.2) is 0 Å². The molecule has 0 nitrogen and oxygen atoms in total. The third-order valence-corrected chi connectivity index (χ3v) is 0. The number of rotatable bonds is 0. The minimum Gasteiger partial charge on any atom is -0.323 e. The van der Waals surface area contributed by atoms with E-state index in [2.05, 4.69) is 41.5 Å². The van der Waals surface area contributed by atoms with E-state index < -0.39 is 0 Å². The van der Waals surface area contributed by atoms with Crippen molar-refractivity contribution >= 4 is 12.4 Å². The predicted octanol–water partition coefficient (Wildman–Crippen LogP) is 3.66. The number of hydrogen-bond donors (Lipinski definition) is 0. The van der Waals surface area contributed by atoms with E-state index in [-0.39, 0.29) is 34.1 Å². The maximum absolute atomic E-state index is 2.08. The van der Waals surface area contributed by atoms with Gasteiger partial charge >= 0.3 is 21.7 Å². The van der Waals surface area contributed by atoms with E-state index in [9.17, 15) is 0 Å². The smallest absolute Gasteiger partial charge is 0.323 e. The molecule has 0 heterocycles. The summed E-state index contributed by atoms with van der Waals surface area (Å²) in [6.45, 7) is 12.5. The Kier molecular flexibility index (Phi) is 37.1. The molecule has 0 aliphatic rings. The molecule has 0 unspecified atom stereocenters. The van der Waals surface area contributed by atoms with Crippen LogP contribution in [0.3, 0.4) is 0 Å². The van der Waals surface area contributed by atoms with E-state index in [4.69, 9.17) is 0 Å². The van der Waals surface area contributed by atoms with Gasteiger partial charge < -0.3 is 11.8 Å². The van der Waals surface area contributed by atoms with Crippen molar-refractivity contribution in [2.24, 2.45) is 0 Å². The van der Waals surface area contributed by atoms with Crippen molar-refractivity contribution in [1.82, 2.24) is 0 Å². The van der Waals surface area contributed by atoms with Gasteiger partial charge in [0.25, 0.3) is 0 Å². The van der Waals surface area contributed by atoms with Gasteiger partial charge in [0.05, 0.1) is 0 Å². The minimum atomic E-state index is 0. The second kappa shape index (κ2) is 16.5. The van der Waals surface area contributed by atoms with Crippen molar-refractivity contribution in [1.29, 1.82) is 0 Å². The van der Waals surface area contributed by atoms with Crippen LogP contribution < -0.4 is 0 Å². The van der Waals surface area contributed by atoms with Gasteiger partial charge in [-0.1, -0.05) is 0 Å². The van der Waals surface area contributed by atoms with E-state index in [0.717, 1.165) is 0 Å². The molecule has 0 rings (SSSR count). The van der Waals surface area contributed by atoms with E-state index in [1.54, 1.807) is 0 Å². The summed E-state index contributed by atoms with van der Waals surface area (Å²) in [5.41, 5.74) is 0. The van der Waals surface area contributed by atoms with E-state index in [0.29, 0.717) is 0 Å². The van der Waals surface area contributed by atoms with Crippen molar-refractivity contribution in [3.05, 3.63) is 11.8 Å². The molecule has 2 heteroatoms. The molecular formula is C8H19ClTi. The molecule has 0 saturated carbocycles. The number of halogens is 1. The van der Waals surface area contributed by atoms with Gasteiger partial charge in [0.1, 0.15) is 0 Å². The molecule has 0 atom stereocenters. The Morgan fingerprint density at radius 3 is 0.600 bits per heavy atom. The van der Waals surface area contributed by atoms with Crippen molar-refractivity contribution in [3.8, 4) is 0 Å². The molecule has 0 aromatic heterocycles. The van der Waals surface area contributed by atoms with E-state index >= 15 is 0 Å². The average Bonchev–Trinajstić information content (AvgIpc) is 1.25. The van der Waals surface area contributed by atoms with Gasteiger partial charge in [-0.3, -0.25) is 0 Å². The zero-order valence-corrected chi connectivity index (χ0v) is 10.3. The molecule has 0 radical (unpaired) electrons. The maximum atomic E-state index is 2.08. The summed E-state index contributed by atoms with van der Waals surface area (Å²) < 4.78 is 0. The normalized spacial score (nSPS) is 7.20. The molecule has 0 spiro atoms. The van der Waals surface area contributed by atoms with Crippen LogP contribution in [0.1, 0.15) is 41.5 Å². The fourth-order valence-electron chi connectivity index (χ4n) is 0. The average molecular weight is 199 g/mol. The summed E-state index contributed by atoms with van der Waals surface area (Å²) in [7, 11) is 0. The first-order valence-corrected chi connectivity index (χ1v) is 3.00. The largest absolute Gasteiger partial charge is 2.00 e. The zero-order valence-electron chi connectivity index (χ0n) is 7.91. The Hall–Kier alpha value is 1.00. The standard InChI is InChI=1S/2C4H9.ClH.Ti/c2*1-4(2)3;;/h2*1-3H3;1H;/q2*-1;;+2. The van der Waals surface area contributed by atoms with Gasteiger partial charge in [0.15, 0.2) is 0 Å². The molecule has 0 N–H and O–H groups in total. The third kappa shape index (κ3) is 572. The van der Waals surface area contributed by atoms with Crippen LogP contribution in [0.2, 0.25) is 0 Å². The van der Waals surface area contributed by atoms with E-state index in [1.807, 2.05) is 0 Å². The molecule has 0 saturated heterocycles. The quantitative estimate of drug-likeness (QED) is 0.412. The summed E-state index contributed by atoms with van der Waals surface area (Å²) in [6, 6.07) is 0. The Balaban J connectivity index is -0.0000000300. The summed E-state index contributed by atoms with van der Waals surface area (Å²) in [5.74, 6) is 2.83. The SMILES string of the molecule is C[C-](C)C.C[C-](C)C.Cl.[Ti+2]. The van der Waals surface area contributed by atoms with Crippen LogP contribution in [0, 0.1) is 11.8 Å². The third-order valence-electron chi connectivity index (χ3n) is 0. The van der Waals surface area contributed by atoms with Crippen molar-refractivity contribution in [2.75, 3.05) is 0 Å². The van der Waals surface area contributed by atoms with Gasteiger partial charge in [-0.15, -0.1) is 12.4 Å². The summed E-state index contributed by atoms with van der Waals surface area (Å²) in [5, 5.41) is 0. The molecule has 0 aromatic rings. The molecule has 0 amide bonds. The van der Waals surface area contributed by atoms with Crippen LogP contribution in [0.25, 0.3) is 0 Å². The van der Waals surface area contributed by atoms with Crippen LogP contribution >= 0.6 is 12.4 Å². The molecule has 0 aliphatic heterocycles. The first-order chi connectivity index (χ1) is 3.46. The van der Waals surface area contributed by atoms with Gasteiger partial charge in [0, 0.05) is 0 Å². The molecular weight excluding hydrogens is 179 g/mol. The van der Waals surface area contributed by atoms with Crippen LogP contribution in [-0.2, 0) is 21.7 Å². The molecule has 0 fully saturated rings. The summed E-state index contributed by atoms with van der Waals surface area (Å²) >= 11 is 0. The van der Waals surface area contributed by atoms with Crippen molar-refractivity contribution < 1.29 is 21.7 Å². The maximum Gasteiger partial charge on any atom is 2.00 e. The molecule has 10 heavy (non-hydrogen) atoms. The molecule has 0 aromatic carbocycles. The topological polar surface area (TPSA) is 0 Å². The van der Waals surface area contributed by atoms with Crippen LogP contribution in [0.15, 0.2) is 0 Å². The monoisotopic (exact) mass is 198 g/mol. The Morgan fingerprint density at radius 1 is 0.600 bits per heavy atom. The van der Waals surface area contributed by atoms with E-state index in [1.165, 1.54) is 11.8 Å². The van der Waals surface area contributed by atoms with Gasteiger partial charge in [-0.05, 0) is 0 Å². The van der Waals surface area contributed by atoms with Gasteiger partial charge in [0.2, 0.25) is 0 Å². The molecule has 62 valence electrons. The fourth-order valence-corrected chi connectivity index (χ4v) is 0. The summed E-state index contributed by atoms with van der Waals surface area (Å²) in [4.78, 5) is 0. The number of hydrogen-bond acceptors (Lipinski definition) is 0. The Bertz CT molecular complexity index is 24.7. The van der Waals surface area contributed by atoms with Gasteiger partial charge in [-0.2, -0.15) is 41.5 Å². The molecule has 0 aliphatic carbocycles. The van der Waals surface area contributed by atoms with Crippen molar-refractivity contribution in [3.63, 3.8) is 0 Å². The zero-order chi connectivity index (χ0) is 7.15. The fraction of sp³-hybridized carbons (Fsp3) is 0.750. The van der Waals surface area contributed by atoms with Crippen LogP contribution in [0.4, 0.5) is 0 Å². The predicted molar refractivity (Wildman–Crippen MR) is 47.8 cm³/mol. The Labute approximate surface area is 87.5 Å². The Morgan fingerprint density at radius 2 is 0.600 bits per heavy atom. The second-order valence-electron chi connectivity index (χ2n) is 3.00. The second-order valence-corrected chi connectivity index (χ2v) is 3.00. The first-order valence-electron chi connectivity index (χ1n) is 3.00. The minimum absolute atomic E-state index is 0. The first kappa shape index (κ1) is 22.4.